The van der Waals surface area contributed by atoms with Crippen molar-refractivity contribution in [2.45, 2.75) is 63.8 Å². The number of fused-ring (bicyclic) bond motifs is 1. The van der Waals surface area contributed by atoms with Gasteiger partial charge in [0.05, 0.1) is 19.1 Å². The molecule has 1 aromatic rings. The van der Waals surface area contributed by atoms with Crippen molar-refractivity contribution in [1.29, 1.82) is 0 Å². The van der Waals surface area contributed by atoms with Crippen molar-refractivity contribution in [3.8, 4) is 0 Å². The highest BCUT2D eigenvalue weighted by atomic mass is 28.4. The van der Waals surface area contributed by atoms with Crippen molar-refractivity contribution in [3.63, 3.8) is 0 Å². The number of carbonyl (C=O) groups excluding carboxylic acids is 1. The molecular weight excluding hydrogens is 292 g/mol. The lowest BCUT2D eigenvalue weighted by Crippen LogP contribution is -2.48. The predicted octanol–water partition coefficient (Wildman–Crippen LogP) is 4.41. The van der Waals surface area contributed by atoms with Crippen LogP contribution in [0, 0.1) is 0 Å². The van der Waals surface area contributed by atoms with Crippen LogP contribution in [0.3, 0.4) is 0 Å². The van der Waals surface area contributed by atoms with Gasteiger partial charge in [0, 0.05) is 0 Å². The Bertz CT molecular complexity index is 560. The normalized spacial score (nSPS) is 21.5. The van der Waals surface area contributed by atoms with Crippen molar-refractivity contribution >= 4 is 14.3 Å². The van der Waals surface area contributed by atoms with E-state index in [-0.39, 0.29) is 11.0 Å². The van der Waals surface area contributed by atoms with Crippen LogP contribution in [0.15, 0.2) is 24.3 Å². The number of hydrogen-bond acceptors (Lipinski definition) is 3. The van der Waals surface area contributed by atoms with Gasteiger partial charge in [0.15, 0.2) is 8.32 Å². The van der Waals surface area contributed by atoms with Crippen LogP contribution in [-0.4, -0.2) is 21.4 Å². The summed E-state index contributed by atoms with van der Waals surface area (Å²) in [5, 5.41) is 0.105. The predicted molar refractivity (Wildman–Crippen MR) is 91.4 cm³/mol. The fraction of sp³-hybridized carbons (Fsp3) is 0.611. The summed E-state index contributed by atoms with van der Waals surface area (Å²) in [6.45, 7) is 11.2. The third-order valence-corrected chi connectivity index (χ3v) is 9.73. The van der Waals surface area contributed by atoms with Crippen LogP contribution in [0.5, 0.6) is 0 Å². The maximum absolute atomic E-state index is 12.0. The minimum atomic E-state index is -2.00. The van der Waals surface area contributed by atoms with E-state index in [2.05, 4.69) is 52.1 Å². The largest absolute Gasteiger partial charge is 0.469 e. The first kappa shape index (κ1) is 17.2. The molecule has 1 unspecified atom stereocenters. The second kappa shape index (κ2) is 5.82. The summed E-state index contributed by atoms with van der Waals surface area (Å²) < 4.78 is 11.7. The lowest BCUT2D eigenvalue weighted by Gasteiger charge is -2.44. The minimum Gasteiger partial charge on any atom is -0.469 e. The number of aryl methyl sites for hydroxylation is 1. The van der Waals surface area contributed by atoms with E-state index in [1.807, 2.05) is 6.07 Å². The Kier molecular flexibility index (Phi) is 4.55. The molecule has 3 nitrogen and oxygen atoms in total. The van der Waals surface area contributed by atoms with E-state index in [4.69, 9.17) is 9.16 Å². The lowest BCUT2D eigenvalue weighted by atomic mass is 9.92. The Morgan fingerprint density at radius 3 is 2.50 bits per heavy atom. The molecule has 22 heavy (non-hydrogen) atoms. The molecule has 0 fully saturated rings. The molecule has 1 aliphatic carbocycles. The van der Waals surface area contributed by atoms with E-state index >= 15 is 0 Å². The highest BCUT2D eigenvalue weighted by Crippen LogP contribution is 2.48. The molecule has 1 atom stereocenters. The molecule has 0 heterocycles. The fourth-order valence-electron chi connectivity index (χ4n) is 2.93. The first-order chi connectivity index (χ1) is 10.1. The summed E-state index contributed by atoms with van der Waals surface area (Å²) in [4.78, 5) is 12.0. The zero-order chi connectivity index (χ0) is 16.6. The van der Waals surface area contributed by atoms with Crippen LogP contribution < -0.4 is 0 Å². The molecule has 0 saturated carbocycles. The van der Waals surface area contributed by atoms with Gasteiger partial charge in [0.25, 0.3) is 0 Å². The van der Waals surface area contributed by atoms with Crippen LogP contribution >= 0.6 is 0 Å². The van der Waals surface area contributed by atoms with Gasteiger partial charge in [0.2, 0.25) is 0 Å². The smallest absolute Gasteiger partial charge is 0.308 e. The van der Waals surface area contributed by atoms with E-state index in [1.165, 1.54) is 18.2 Å². The second-order valence-corrected chi connectivity index (χ2v) is 12.5. The number of carbonyl (C=O) groups is 1. The number of methoxy groups -OCH3 is 1. The Balaban J connectivity index is 2.43. The van der Waals surface area contributed by atoms with Gasteiger partial charge in [0.1, 0.15) is 0 Å². The Morgan fingerprint density at radius 2 is 1.91 bits per heavy atom. The average Bonchev–Trinajstić information content (AvgIpc) is 2.76. The summed E-state index contributed by atoms with van der Waals surface area (Å²) in [5.74, 6) is -0.199. The maximum atomic E-state index is 12.0. The lowest BCUT2D eigenvalue weighted by molar-refractivity contribution is -0.146. The van der Waals surface area contributed by atoms with Crippen molar-refractivity contribution in [1.82, 2.24) is 0 Å². The number of benzene rings is 1. The summed E-state index contributed by atoms with van der Waals surface area (Å²) in [5.41, 5.74) is 1.95. The van der Waals surface area contributed by atoms with Gasteiger partial charge in [-0.25, -0.2) is 0 Å². The highest BCUT2D eigenvalue weighted by Gasteiger charge is 2.49. The SMILES string of the molecule is COC(=O)CC1(O[Si](C)(C)C(C)(C)C)CCc2ccccc21. The quantitative estimate of drug-likeness (QED) is 0.609. The van der Waals surface area contributed by atoms with Crippen molar-refractivity contribution in [3.05, 3.63) is 35.4 Å². The van der Waals surface area contributed by atoms with E-state index in [9.17, 15) is 4.79 Å². The molecule has 0 bridgehead atoms. The molecule has 122 valence electrons. The van der Waals surface area contributed by atoms with Gasteiger partial charge in [-0.15, -0.1) is 0 Å². The summed E-state index contributed by atoms with van der Waals surface area (Å²) >= 11 is 0. The molecule has 1 aromatic carbocycles. The van der Waals surface area contributed by atoms with Gasteiger partial charge in [-0.05, 0) is 42.1 Å². The van der Waals surface area contributed by atoms with Crippen LogP contribution in [0.25, 0.3) is 0 Å². The monoisotopic (exact) mass is 320 g/mol. The molecule has 0 radical (unpaired) electrons. The maximum Gasteiger partial charge on any atom is 0.308 e. The second-order valence-electron chi connectivity index (χ2n) is 7.77. The molecule has 0 saturated heterocycles. The molecule has 0 N–H and O–H groups in total. The molecule has 4 heteroatoms. The van der Waals surface area contributed by atoms with Crippen LogP contribution in [0.4, 0.5) is 0 Å². The van der Waals surface area contributed by atoms with Crippen LogP contribution in [-0.2, 0) is 26.0 Å². The minimum absolute atomic E-state index is 0.105. The first-order valence-corrected chi connectivity index (χ1v) is 10.9. The molecule has 0 aliphatic heterocycles. The van der Waals surface area contributed by atoms with Crippen LogP contribution in [0.1, 0.15) is 44.7 Å². The molecule has 0 amide bonds. The van der Waals surface area contributed by atoms with Gasteiger partial charge in [-0.2, -0.15) is 0 Å². The number of rotatable bonds is 4. The van der Waals surface area contributed by atoms with Crippen molar-refractivity contribution in [2.75, 3.05) is 7.11 Å². The van der Waals surface area contributed by atoms with E-state index in [0.717, 1.165) is 12.8 Å². The Labute approximate surface area is 135 Å². The third-order valence-electron chi connectivity index (χ3n) is 5.22. The average molecular weight is 321 g/mol. The molecule has 2 rings (SSSR count). The molecule has 0 aromatic heterocycles. The van der Waals surface area contributed by atoms with Gasteiger partial charge >= 0.3 is 5.97 Å². The zero-order valence-corrected chi connectivity index (χ0v) is 15.7. The van der Waals surface area contributed by atoms with E-state index in [0.29, 0.717) is 6.42 Å². The van der Waals surface area contributed by atoms with Gasteiger partial charge < -0.3 is 9.16 Å². The number of hydrogen-bond donors (Lipinski definition) is 0. The number of esters is 1. The number of ether oxygens (including phenoxy) is 1. The fourth-order valence-corrected chi connectivity index (χ4v) is 4.49. The van der Waals surface area contributed by atoms with Gasteiger partial charge in [-0.1, -0.05) is 45.0 Å². The molecule has 1 aliphatic rings. The van der Waals surface area contributed by atoms with Crippen molar-refractivity contribution < 1.29 is 14.0 Å². The van der Waals surface area contributed by atoms with Crippen molar-refractivity contribution in [2.24, 2.45) is 0 Å². The standard InChI is InChI=1S/C18H28O3Si/c1-17(2,3)22(5,6)21-18(13-16(19)20-4)12-11-14-9-7-8-10-15(14)18/h7-10H,11-13H2,1-6H3. The zero-order valence-electron chi connectivity index (χ0n) is 14.7. The highest BCUT2D eigenvalue weighted by molar-refractivity contribution is 6.74. The van der Waals surface area contributed by atoms with E-state index in [1.54, 1.807) is 0 Å². The Morgan fingerprint density at radius 1 is 1.27 bits per heavy atom. The third kappa shape index (κ3) is 3.13. The summed E-state index contributed by atoms with van der Waals surface area (Å²) in [6, 6.07) is 8.34. The van der Waals surface area contributed by atoms with Crippen LogP contribution in [0.2, 0.25) is 18.1 Å². The van der Waals surface area contributed by atoms with E-state index < -0.39 is 13.9 Å². The first-order valence-electron chi connectivity index (χ1n) is 7.97. The summed E-state index contributed by atoms with van der Waals surface area (Å²) in [7, 11) is -0.550. The Hall–Kier alpha value is -1.13. The van der Waals surface area contributed by atoms with Gasteiger partial charge in [-0.3, -0.25) is 4.79 Å². The molecular formula is C18H28O3Si. The molecule has 0 spiro atoms. The topological polar surface area (TPSA) is 35.5 Å². The summed E-state index contributed by atoms with van der Waals surface area (Å²) in [6.07, 6.45) is 2.11.